The maximum Gasteiger partial charge on any atom is 0.251 e. The summed E-state index contributed by atoms with van der Waals surface area (Å²) in [5, 5.41) is 2.96. The van der Waals surface area contributed by atoms with Crippen LogP contribution in [0.15, 0.2) is 42.6 Å². The zero-order valence-electron chi connectivity index (χ0n) is 16.5. The van der Waals surface area contributed by atoms with E-state index in [1.165, 1.54) is 0 Å². The van der Waals surface area contributed by atoms with Gasteiger partial charge in [-0.2, -0.15) is 0 Å². The van der Waals surface area contributed by atoms with E-state index in [1.807, 2.05) is 61.6 Å². The van der Waals surface area contributed by atoms with Gasteiger partial charge in [0.15, 0.2) is 0 Å². The fourth-order valence-corrected chi connectivity index (χ4v) is 3.28. The molecule has 0 bridgehead atoms. The van der Waals surface area contributed by atoms with E-state index in [9.17, 15) is 4.79 Å². The molecule has 6 nitrogen and oxygen atoms in total. The molecule has 0 radical (unpaired) electrons. The maximum atomic E-state index is 12.4. The second-order valence-electron chi connectivity index (χ2n) is 7.31. The van der Waals surface area contributed by atoms with Crippen LogP contribution in [0.2, 0.25) is 0 Å². The highest BCUT2D eigenvalue weighted by Crippen LogP contribution is 2.18. The lowest BCUT2D eigenvalue weighted by Crippen LogP contribution is -2.45. The summed E-state index contributed by atoms with van der Waals surface area (Å²) in [5.74, 6) is 0.865. The number of pyridine rings is 1. The van der Waals surface area contributed by atoms with Crippen LogP contribution in [-0.2, 0) is 11.3 Å². The van der Waals surface area contributed by atoms with Crippen molar-refractivity contribution < 1.29 is 9.53 Å². The van der Waals surface area contributed by atoms with Gasteiger partial charge in [-0.1, -0.05) is 12.1 Å². The fourth-order valence-electron chi connectivity index (χ4n) is 3.28. The minimum absolute atomic E-state index is 0.0846. The van der Waals surface area contributed by atoms with Crippen molar-refractivity contribution >= 4 is 17.4 Å². The summed E-state index contributed by atoms with van der Waals surface area (Å²) >= 11 is 0. The van der Waals surface area contributed by atoms with Gasteiger partial charge in [-0.3, -0.25) is 4.79 Å². The summed E-state index contributed by atoms with van der Waals surface area (Å²) in [6.07, 6.45) is 2.23. The lowest BCUT2D eigenvalue weighted by atomic mass is 10.1. The van der Waals surface area contributed by atoms with E-state index >= 15 is 0 Å². The van der Waals surface area contributed by atoms with Crippen molar-refractivity contribution in [2.45, 2.75) is 32.6 Å². The van der Waals surface area contributed by atoms with Gasteiger partial charge in [-0.05, 0) is 43.7 Å². The number of carbonyl (C=O) groups excluding carboxylic acids is 1. The van der Waals surface area contributed by atoms with Crippen LogP contribution in [0.25, 0.3) is 0 Å². The maximum absolute atomic E-state index is 12.4. The third-order valence-corrected chi connectivity index (χ3v) is 4.63. The van der Waals surface area contributed by atoms with Crippen LogP contribution >= 0.6 is 0 Å². The van der Waals surface area contributed by atoms with E-state index in [0.717, 1.165) is 30.2 Å². The molecule has 1 amide bonds. The average Bonchev–Trinajstić information content (AvgIpc) is 2.66. The highest BCUT2D eigenvalue weighted by molar-refractivity contribution is 5.95. The first-order chi connectivity index (χ1) is 12.9. The first kappa shape index (κ1) is 19.2. The molecular weight excluding hydrogens is 340 g/mol. The van der Waals surface area contributed by atoms with Crippen LogP contribution in [0.5, 0.6) is 0 Å². The first-order valence-electron chi connectivity index (χ1n) is 9.33. The Morgan fingerprint density at radius 1 is 1.22 bits per heavy atom. The van der Waals surface area contributed by atoms with Crippen LogP contribution in [0.3, 0.4) is 0 Å². The fraction of sp³-hybridized carbons (Fsp3) is 0.429. The third-order valence-electron chi connectivity index (χ3n) is 4.63. The van der Waals surface area contributed by atoms with E-state index in [2.05, 4.69) is 29.0 Å². The molecule has 1 aromatic carbocycles. The van der Waals surface area contributed by atoms with Gasteiger partial charge in [0.05, 0.1) is 12.2 Å². The summed E-state index contributed by atoms with van der Waals surface area (Å²) in [4.78, 5) is 21.2. The Kier molecular flexibility index (Phi) is 5.96. The van der Waals surface area contributed by atoms with Crippen LogP contribution in [0.4, 0.5) is 11.5 Å². The number of morpholine rings is 1. The molecule has 3 rings (SSSR count). The van der Waals surface area contributed by atoms with Gasteiger partial charge in [0.1, 0.15) is 5.82 Å². The van der Waals surface area contributed by atoms with Gasteiger partial charge in [-0.25, -0.2) is 4.98 Å². The summed E-state index contributed by atoms with van der Waals surface area (Å²) in [5.41, 5.74) is 2.63. The van der Waals surface area contributed by atoms with Gasteiger partial charge >= 0.3 is 0 Å². The number of amides is 1. The SMILES string of the molecule is CC1CN(c2ccc(CNC(=O)c3cccc(N(C)C)c3)cn2)CC(C)O1. The second-order valence-corrected chi connectivity index (χ2v) is 7.31. The smallest absolute Gasteiger partial charge is 0.251 e. The van der Waals surface area contributed by atoms with Crippen LogP contribution in [0.1, 0.15) is 29.8 Å². The predicted molar refractivity (Wildman–Crippen MR) is 108 cm³/mol. The van der Waals surface area contributed by atoms with E-state index in [-0.39, 0.29) is 18.1 Å². The number of nitrogens with zero attached hydrogens (tertiary/aromatic N) is 3. The van der Waals surface area contributed by atoms with Crippen molar-refractivity contribution in [1.82, 2.24) is 10.3 Å². The van der Waals surface area contributed by atoms with E-state index in [1.54, 1.807) is 0 Å². The minimum Gasteiger partial charge on any atom is -0.378 e. The van der Waals surface area contributed by atoms with Crippen LogP contribution in [0, 0.1) is 0 Å². The Morgan fingerprint density at radius 2 is 1.96 bits per heavy atom. The molecule has 1 aliphatic rings. The summed E-state index contributed by atoms with van der Waals surface area (Å²) < 4.78 is 5.77. The number of carbonyl (C=O) groups is 1. The summed E-state index contributed by atoms with van der Waals surface area (Å²) in [6.45, 7) is 6.30. The molecular formula is C21H28N4O2. The number of anilines is 2. The molecule has 0 aliphatic carbocycles. The van der Waals surface area contributed by atoms with E-state index in [0.29, 0.717) is 12.1 Å². The van der Waals surface area contributed by atoms with Gasteiger partial charge in [0, 0.05) is 51.2 Å². The Hall–Kier alpha value is -2.60. The highest BCUT2D eigenvalue weighted by Gasteiger charge is 2.22. The Balaban J connectivity index is 1.58. The molecule has 1 fully saturated rings. The summed E-state index contributed by atoms with van der Waals surface area (Å²) in [6, 6.07) is 11.6. The Morgan fingerprint density at radius 3 is 2.59 bits per heavy atom. The molecule has 144 valence electrons. The standard InChI is InChI=1S/C21H28N4O2/c1-15-13-25(14-16(2)27-15)20-9-8-17(11-22-20)12-23-21(26)18-6-5-7-19(10-18)24(3)4/h5-11,15-16H,12-14H2,1-4H3,(H,23,26). The monoisotopic (exact) mass is 368 g/mol. The molecule has 2 unspecified atom stereocenters. The number of nitrogens with one attached hydrogen (secondary N) is 1. The lowest BCUT2D eigenvalue weighted by molar-refractivity contribution is -0.00546. The molecule has 0 spiro atoms. The number of hydrogen-bond donors (Lipinski definition) is 1. The van der Waals surface area contributed by atoms with Crippen molar-refractivity contribution in [3.8, 4) is 0 Å². The molecule has 1 N–H and O–H groups in total. The van der Waals surface area contributed by atoms with Gasteiger partial charge in [-0.15, -0.1) is 0 Å². The topological polar surface area (TPSA) is 57.7 Å². The van der Waals surface area contributed by atoms with Crippen molar-refractivity contribution in [2.75, 3.05) is 37.0 Å². The van der Waals surface area contributed by atoms with E-state index < -0.39 is 0 Å². The number of benzene rings is 1. The van der Waals surface area contributed by atoms with Crippen LogP contribution < -0.4 is 15.1 Å². The average molecular weight is 368 g/mol. The second kappa shape index (κ2) is 8.39. The lowest BCUT2D eigenvalue weighted by Gasteiger charge is -2.36. The number of hydrogen-bond acceptors (Lipinski definition) is 5. The number of aromatic nitrogens is 1. The predicted octanol–water partition coefficient (Wildman–Crippen LogP) is 2.69. The van der Waals surface area contributed by atoms with Crippen LogP contribution in [-0.4, -0.2) is 50.3 Å². The van der Waals surface area contributed by atoms with Crippen molar-refractivity contribution in [2.24, 2.45) is 0 Å². The Bertz CT molecular complexity index is 766. The molecule has 1 saturated heterocycles. The third kappa shape index (κ3) is 4.98. The largest absolute Gasteiger partial charge is 0.378 e. The van der Waals surface area contributed by atoms with Gasteiger partial charge in [0.2, 0.25) is 0 Å². The first-order valence-corrected chi connectivity index (χ1v) is 9.33. The zero-order chi connectivity index (χ0) is 19.4. The number of ether oxygens (including phenoxy) is 1. The molecule has 2 heterocycles. The molecule has 0 saturated carbocycles. The molecule has 1 aromatic heterocycles. The Labute approximate surface area is 161 Å². The molecule has 27 heavy (non-hydrogen) atoms. The van der Waals surface area contributed by atoms with Crippen molar-refractivity contribution in [3.63, 3.8) is 0 Å². The molecule has 6 heteroatoms. The van der Waals surface area contributed by atoms with Gasteiger partial charge in [0.25, 0.3) is 5.91 Å². The molecule has 1 aliphatic heterocycles. The van der Waals surface area contributed by atoms with Crippen molar-refractivity contribution in [1.29, 1.82) is 0 Å². The van der Waals surface area contributed by atoms with Crippen molar-refractivity contribution in [3.05, 3.63) is 53.7 Å². The quantitative estimate of drug-likeness (QED) is 0.879. The van der Waals surface area contributed by atoms with Gasteiger partial charge < -0.3 is 19.9 Å². The summed E-state index contributed by atoms with van der Waals surface area (Å²) in [7, 11) is 3.92. The number of rotatable bonds is 5. The van der Waals surface area contributed by atoms with E-state index in [4.69, 9.17) is 4.74 Å². The molecule has 2 aromatic rings. The zero-order valence-corrected chi connectivity index (χ0v) is 16.5. The normalized spacial score (nSPS) is 19.6. The minimum atomic E-state index is -0.0846. The highest BCUT2D eigenvalue weighted by atomic mass is 16.5. The molecule has 2 atom stereocenters.